The fourth-order valence-electron chi connectivity index (χ4n) is 2.36. The van der Waals surface area contributed by atoms with E-state index in [2.05, 4.69) is 30.8 Å². The quantitative estimate of drug-likeness (QED) is 0.859. The van der Waals surface area contributed by atoms with Gasteiger partial charge in [0.25, 0.3) is 5.91 Å². The lowest BCUT2D eigenvalue weighted by atomic mass is 9.87. The van der Waals surface area contributed by atoms with Crippen LogP contribution in [0.4, 0.5) is 5.69 Å². The molecule has 134 valence electrons. The van der Waals surface area contributed by atoms with E-state index in [4.69, 9.17) is 0 Å². The predicted octanol–water partition coefficient (Wildman–Crippen LogP) is 3.29. The highest BCUT2D eigenvalue weighted by Gasteiger charge is 2.14. The molecule has 2 rings (SSSR count). The molecule has 0 saturated carbocycles. The summed E-state index contributed by atoms with van der Waals surface area (Å²) in [7, 11) is -3.32. The van der Waals surface area contributed by atoms with E-state index in [9.17, 15) is 13.2 Å². The van der Waals surface area contributed by atoms with Crippen molar-refractivity contribution in [1.29, 1.82) is 0 Å². The van der Waals surface area contributed by atoms with Crippen LogP contribution in [0, 0.1) is 0 Å². The maximum Gasteiger partial charge on any atom is 0.251 e. The van der Waals surface area contributed by atoms with Gasteiger partial charge < -0.3 is 5.32 Å². The van der Waals surface area contributed by atoms with Crippen molar-refractivity contribution in [2.45, 2.75) is 32.7 Å². The zero-order valence-electron chi connectivity index (χ0n) is 15.0. The molecule has 0 saturated heterocycles. The summed E-state index contributed by atoms with van der Waals surface area (Å²) in [6.07, 6.45) is 1.10. The zero-order chi connectivity index (χ0) is 18.7. The van der Waals surface area contributed by atoms with Gasteiger partial charge in [0.05, 0.1) is 6.26 Å². The van der Waals surface area contributed by atoms with Gasteiger partial charge in [0.1, 0.15) is 0 Å². The third-order valence-corrected chi connectivity index (χ3v) is 4.30. The highest BCUT2D eigenvalue weighted by molar-refractivity contribution is 7.92. The summed E-state index contributed by atoms with van der Waals surface area (Å²) in [6, 6.07) is 14.5. The van der Waals surface area contributed by atoms with Crippen LogP contribution >= 0.6 is 0 Å². The Balaban J connectivity index is 2.01. The Bertz CT molecular complexity index is 851. The summed E-state index contributed by atoms with van der Waals surface area (Å²) in [5, 5.41) is 2.85. The number of carbonyl (C=O) groups is 1. The van der Waals surface area contributed by atoms with Crippen molar-refractivity contribution in [1.82, 2.24) is 5.32 Å². The van der Waals surface area contributed by atoms with Gasteiger partial charge in [0.15, 0.2) is 0 Å². The monoisotopic (exact) mass is 360 g/mol. The minimum atomic E-state index is -3.32. The van der Waals surface area contributed by atoms with Crippen LogP contribution < -0.4 is 10.0 Å². The van der Waals surface area contributed by atoms with E-state index in [1.807, 2.05) is 30.3 Å². The molecule has 6 heteroatoms. The van der Waals surface area contributed by atoms with Crippen molar-refractivity contribution in [2.24, 2.45) is 0 Å². The van der Waals surface area contributed by atoms with Crippen molar-refractivity contribution in [3.63, 3.8) is 0 Å². The number of anilines is 1. The van der Waals surface area contributed by atoms with Crippen LogP contribution in [0.2, 0.25) is 0 Å². The van der Waals surface area contributed by atoms with Crippen LogP contribution in [-0.2, 0) is 22.0 Å². The van der Waals surface area contributed by atoms with E-state index >= 15 is 0 Å². The molecule has 2 aromatic rings. The first-order valence-electron chi connectivity index (χ1n) is 8.00. The van der Waals surface area contributed by atoms with Crippen LogP contribution in [0.15, 0.2) is 48.5 Å². The standard InChI is InChI=1S/C19H24N2O3S/c1-19(2,3)16-10-8-15(9-11-16)18(22)20-13-14-6-5-7-17(12-14)21-25(4,23)24/h5-12,21H,13H2,1-4H3,(H,20,22). The number of nitrogens with one attached hydrogen (secondary N) is 2. The normalized spacial score (nSPS) is 11.8. The minimum absolute atomic E-state index is 0.0437. The van der Waals surface area contributed by atoms with Gasteiger partial charge >= 0.3 is 0 Å². The second kappa shape index (κ2) is 7.27. The second-order valence-corrected chi connectivity index (χ2v) is 8.83. The highest BCUT2D eigenvalue weighted by atomic mass is 32.2. The number of hydrogen-bond acceptors (Lipinski definition) is 3. The first-order valence-corrected chi connectivity index (χ1v) is 9.89. The number of hydrogen-bond donors (Lipinski definition) is 2. The number of benzene rings is 2. The SMILES string of the molecule is CC(C)(C)c1ccc(C(=O)NCc2cccc(NS(C)(=O)=O)c2)cc1. The van der Waals surface area contributed by atoms with Crippen LogP contribution in [0.25, 0.3) is 0 Å². The van der Waals surface area contributed by atoms with Crippen LogP contribution in [0.3, 0.4) is 0 Å². The molecule has 0 aromatic heterocycles. The predicted molar refractivity (Wildman–Crippen MR) is 101 cm³/mol. The molecule has 1 amide bonds. The molecule has 0 heterocycles. The molecule has 2 aromatic carbocycles. The van der Waals surface area contributed by atoms with Gasteiger partial charge in [-0.05, 0) is 40.8 Å². The average Bonchev–Trinajstić information content (AvgIpc) is 2.50. The van der Waals surface area contributed by atoms with Gasteiger partial charge in [-0.1, -0.05) is 45.0 Å². The summed E-state index contributed by atoms with van der Waals surface area (Å²) >= 11 is 0. The molecule has 0 bridgehead atoms. The van der Waals surface area contributed by atoms with Gasteiger partial charge in [-0.3, -0.25) is 9.52 Å². The summed E-state index contributed by atoms with van der Waals surface area (Å²) < 4.78 is 25.0. The first-order chi connectivity index (χ1) is 11.5. The number of carbonyl (C=O) groups excluding carboxylic acids is 1. The van der Waals surface area contributed by atoms with Crippen molar-refractivity contribution in [3.8, 4) is 0 Å². The van der Waals surface area contributed by atoms with Crippen LogP contribution in [-0.4, -0.2) is 20.6 Å². The van der Waals surface area contributed by atoms with Gasteiger partial charge in [-0.2, -0.15) is 0 Å². The van der Waals surface area contributed by atoms with Crippen LogP contribution in [0.5, 0.6) is 0 Å². The summed E-state index contributed by atoms with van der Waals surface area (Å²) in [4.78, 5) is 12.3. The molecule has 25 heavy (non-hydrogen) atoms. The Morgan fingerprint density at radius 1 is 1.04 bits per heavy atom. The first kappa shape index (κ1) is 19.0. The minimum Gasteiger partial charge on any atom is -0.348 e. The van der Waals surface area contributed by atoms with Gasteiger partial charge in [-0.25, -0.2) is 8.42 Å². The van der Waals surface area contributed by atoms with Gasteiger partial charge in [0, 0.05) is 17.8 Å². The lowest BCUT2D eigenvalue weighted by Gasteiger charge is -2.19. The Morgan fingerprint density at radius 3 is 2.24 bits per heavy atom. The molecule has 0 spiro atoms. The van der Waals surface area contributed by atoms with E-state index in [1.54, 1.807) is 18.2 Å². The number of rotatable bonds is 5. The maximum absolute atomic E-state index is 12.3. The Morgan fingerprint density at radius 2 is 1.68 bits per heavy atom. The molecule has 0 aliphatic rings. The smallest absolute Gasteiger partial charge is 0.251 e. The van der Waals surface area contributed by atoms with E-state index in [-0.39, 0.29) is 11.3 Å². The lowest BCUT2D eigenvalue weighted by Crippen LogP contribution is -2.23. The Labute approximate surface area is 149 Å². The van der Waals surface area contributed by atoms with E-state index in [0.717, 1.165) is 11.8 Å². The largest absolute Gasteiger partial charge is 0.348 e. The molecular weight excluding hydrogens is 336 g/mol. The van der Waals surface area contributed by atoms with Gasteiger partial charge in [0.2, 0.25) is 10.0 Å². The molecule has 0 unspecified atom stereocenters. The van der Waals surface area contributed by atoms with Crippen LogP contribution in [0.1, 0.15) is 42.3 Å². The van der Waals surface area contributed by atoms with E-state index < -0.39 is 10.0 Å². The number of amides is 1. The third-order valence-electron chi connectivity index (χ3n) is 3.70. The van der Waals surface area contributed by atoms with Crippen molar-refractivity contribution >= 4 is 21.6 Å². The van der Waals surface area contributed by atoms with Crippen molar-refractivity contribution in [3.05, 3.63) is 65.2 Å². The third kappa shape index (κ3) is 5.90. The molecule has 0 aliphatic heterocycles. The fraction of sp³-hybridized carbons (Fsp3) is 0.316. The van der Waals surface area contributed by atoms with E-state index in [0.29, 0.717) is 17.8 Å². The van der Waals surface area contributed by atoms with E-state index in [1.165, 1.54) is 5.56 Å². The van der Waals surface area contributed by atoms with Crippen molar-refractivity contribution in [2.75, 3.05) is 11.0 Å². The molecule has 2 N–H and O–H groups in total. The van der Waals surface area contributed by atoms with Crippen molar-refractivity contribution < 1.29 is 13.2 Å². The number of sulfonamides is 1. The molecule has 5 nitrogen and oxygen atoms in total. The highest BCUT2D eigenvalue weighted by Crippen LogP contribution is 2.22. The lowest BCUT2D eigenvalue weighted by molar-refractivity contribution is 0.0951. The summed E-state index contributed by atoms with van der Waals surface area (Å²) in [5.41, 5.74) is 3.10. The summed E-state index contributed by atoms with van der Waals surface area (Å²) in [6.45, 7) is 6.69. The zero-order valence-corrected chi connectivity index (χ0v) is 15.8. The molecule has 0 fully saturated rings. The Kier molecular flexibility index (Phi) is 5.52. The summed E-state index contributed by atoms with van der Waals surface area (Å²) in [5.74, 6) is -0.165. The topological polar surface area (TPSA) is 75.3 Å². The molecule has 0 radical (unpaired) electrons. The maximum atomic E-state index is 12.3. The Hall–Kier alpha value is -2.34. The molecule has 0 atom stereocenters. The molecular formula is C19H24N2O3S. The average molecular weight is 360 g/mol. The fourth-order valence-corrected chi connectivity index (χ4v) is 2.92. The van der Waals surface area contributed by atoms with Gasteiger partial charge in [-0.15, -0.1) is 0 Å². The second-order valence-electron chi connectivity index (χ2n) is 7.08. The molecule has 0 aliphatic carbocycles.